The van der Waals surface area contributed by atoms with Gasteiger partial charge in [0.2, 0.25) is 5.91 Å². The van der Waals surface area contributed by atoms with Crippen molar-refractivity contribution in [1.82, 2.24) is 20.1 Å². The van der Waals surface area contributed by atoms with E-state index in [4.69, 9.17) is 22.1 Å². The second-order valence-corrected chi connectivity index (χ2v) is 9.35. The molecule has 0 unspecified atom stereocenters. The van der Waals surface area contributed by atoms with E-state index in [0.717, 1.165) is 0 Å². The molecule has 5 N–H and O–H groups in total. The van der Waals surface area contributed by atoms with E-state index < -0.39 is 35.7 Å². The number of para-hydroxylation sites is 1. The Morgan fingerprint density at radius 3 is 2.69 bits per heavy atom. The Kier molecular flexibility index (Phi) is 8.67. The number of carbonyl (C=O) groups excluding carboxylic acids is 4. The first-order valence-corrected chi connectivity index (χ1v) is 12.6. The number of nitrogens with one attached hydrogen (secondary N) is 3. The number of nitrogens with two attached hydrogens (primary N) is 1. The van der Waals surface area contributed by atoms with E-state index in [9.17, 15) is 23.6 Å². The first kappa shape index (κ1) is 27.9. The van der Waals surface area contributed by atoms with Gasteiger partial charge in [-0.25, -0.2) is 14.0 Å². The lowest BCUT2D eigenvalue weighted by molar-refractivity contribution is -0.124. The van der Waals surface area contributed by atoms with Crippen molar-refractivity contribution in [3.8, 4) is 0 Å². The molecule has 0 aliphatic carbocycles. The summed E-state index contributed by atoms with van der Waals surface area (Å²) in [6.45, 7) is 0.665. The summed E-state index contributed by atoms with van der Waals surface area (Å²) >= 11 is 5.99. The molecule has 1 fully saturated rings. The lowest BCUT2D eigenvalue weighted by Crippen LogP contribution is -2.47. The molecule has 5 amide bonds. The molecule has 1 saturated heterocycles. The number of amides is 5. The highest BCUT2D eigenvalue weighted by Gasteiger charge is 2.34. The van der Waals surface area contributed by atoms with Gasteiger partial charge in [-0.15, -0.1) is 0 Å². The highest BCUT2D eigenvalue weighted by atomic mass is 35.5. The van der Waals surface area contributed by atoms with Crippen LogP contribution in [0.15, 0.2) is 42.6 Å². The number of hydrogen-bond acceptors (Lipinski definition) is 5. The standard InChI is InChI=1S/C26H28ClFN6O5/c1-39-10-8-30-23(35)15-11-16(22(28)18(27)12-15)13-31-24(36)21-7-4-9-33(21)26(38)32-19-14-34(25(29)37)20-6-3-2-5-17(19)20/h2-3,5-6,11-12,14,21H,4,7-10,13H2,1H3,(H2,29,37)(H,30,35)(H,31,36)(H,32,38)/t21-/m0/s1. The second-order valence-electron chi connectivity index (χ2n) is 8.95. The van der Waals surface area contributed by atoms with Gasteiger partial charge in [-0.05, 0) is 31.0 Å². The van der Waals surface area contributed by atoms with Crippen LogP contribution < -0.4 is 21.7 Å². The zero-order chi connectivity index (χ0) is 28.1. The van der Waals surface area contributed by atoms with Crippen molar-refractivity contribution in [3.63, 3.8) is 0 Å². The van der Waals surface area contributed by atoms with Gasteiger partial charge in [-0.1, -0.05) is 29.8 Å². The molecule has 1 atom stereocenters. The first-order chi connectivity index (χ1) is 18.7. The number of aromatic nitrogens is 1. The molecular formula is C26H28ClFN6O5. The van der Waals surface area contributed by atoms with Gasteiger partial charge in [0.05, 0.1) is 22.8 Å². The Balaban J connectivity index is 1.44. The maximum Gasteiger partial charge on any atom is 0.323 e. The van der Waals surface area contributed by atoms with E-state index in [0.29, 0.717) is 42.6 Å². The Morgan fingerprint density at radius 1 is 1.18 bits per heavy atom. The van der Waals surface area contributed by atoms with Gasteiger partial charge < -0.3 is 31.3 Å². The third kappa shape index (κ3) is 6.13. The van der Waals surface area contributed by atoms with Gasteiger partial charge in [0.1, 0.15) is 11.9 Å². The molecule has 1 aromatic heterocycles. The molecule has 39 heavy (non-hydrogen) atoms. The van der Waals surface area contributed by atoms with Crippen LogP contribution in [-0.4, -0.2) is 66.2 Å². The van der Waals surface area contributed by atoms with E-state index in [1.807, 2.05) is 0 Å². The van der Waals surface area contributed by atoms with Gasteiger partial charge in [0, 0.05) is 49.5 Å². The molecule has 2 aromatic carbocycles. The summed E-state index contributed by atoms with van der Waals surface area (Å²) in [5.41, 5.74) is 6.52. The zero-order valence-electron chi connectivity index (χ0n) is 21.1. The third-order valence-corrected chi connectivity index (χ3v) is 6.69. The predicted molar refractivity (Wildman–Crippen MR) is 143 cm³/mol. The Labute approximate surface area is 228 Å². The smallest absolute Gasteiger partial charge is 0.323 e. The van der Waals surface area contributed by atoms with Gasteiger partial charge in [-0.3, -0.25) is 14.2 Å². The SMILES string of the molecule is COCCNC(=O)c1cc(Cl)c(F)c(CNC(=O)[C@@H]2CCCN2C(=O)Nc2cn(C(N)=O)c3ccccc23)c1. The van der Waals surface area contributed by atoms with Crippen molar-refractivity contribution in [2.75, 3.05) is 32.1 Å². The number of likely N-dealkylation sites (tertiary alicyclic amines) is 1. The molecule has 0 radical (unpaired) electrons. The number of nitrogens with zero attached hydrogens (tertiary/aromatic N) is 2. The number of fused-ring (bicyclic) bond motifs is 1. The Hall–Kier alpha value is -4.16. The number of rotatable bonds is 8. The fourth-order valence-corrected chi connectivity index (χ4v) is 4.74. The van der Waals surface area contributed by atoms with Crippen LogP contribution in [0.4, 0.5) is 19.7 Å². The molecule has 13 heteroatoms. The van der Waals surface area contributed by atoms with Gasteiger partial charge in [0.15, 0.2) is 0 Å². The van der Waals surface area contributed by atoms with Crippen LogP contribution in [0.1, 0.15) is 28.8 Å². The quantitative estimate of drug-likeness (QED) is 0.314. The molecule has 0 spiro atoms. The fraction of sp³-hybridized carbons (Fsp3) is 0.308. The van der Waals surface area contributed by atoms with Gasteiger partial charge in [0.25, 0.3) is 5.91 Å². The minimum Gasteiger partial charge on any atom is -0.383 e. The summed E-state index contributed by atoms with van der Waals surface area (Å²) in [5.74, 6) is -1.69. The summed E-state index contributed by atoms with van der Waals surface area (Å²) < 4.78 is 20.8. The maximum absolute atomic E-state index is 14.7. The highest BCUT2D eigenvalue weighted by molar-refractivity contribution is 6.31. The number of carbonyl (C=O) groups is 4. The fourth-order valence-electron chi connectivity index (χ4n) is 4.51. The summed E-state index contributed by atoms with van der Waals surface area (Å²) in [4.78, 5) is 51.7. The number of anilines is 1. The molecule has 1 aliphatic rings. The summed E-state index contributed by atoms with van der Waals surface area (Å²) in [6, 6.07) is 7.45. The van der Waals surface area contributed by atoms with Crippen molar-refractivity contribution in [3.05, 3.63) is 64.6 Å². The van der Waals surface area contributed by atoms with E-state index in [1.165, 1.54) is 34.9 Å². The minimum absolute atomic E-state index is 0.0287. The molecule has 2 heterocycles. The van der Waals surface area contributed by atoms with Crippen molar-refractivity contribution in [2.24, 2.45) is 5.73 Å². The van der Waals surface area contributed by atoms with Crippen LogP contribution >= 0.6 is 11.6 Å². The lowest BCUT2D eigenvalue weighted by Gasteiger charge is -2.24. The molecule has 1 aliphatic heterocycles. The number of halogens is 2. The number of ether oxygens (including phenoxy) is 1. The normalized spacial score (nSPS) is 14.8. The monoisotopic (exact) mass is 558 g/mol. The maximum atomic E-state index is 14.7. The minimum atomic E-state index is -0.798. The van der Waals surface area contributed by atoms with Crippen LogP contribution in [0.2, 0.25) is 5.02 Å². The van der Waals surface area contributed by atoms with Gasteiger partial charge >= 0.3 is 12.1 Å². The molecule has 0 saturated carbocycles. The number of hydrogen-bond donors (Lipinski definition) is 4. The summed E-state index contributed by atoms with van der Waals surface area (Å²) in [7, 11) is 1.50. The second kappa shape index (κ2) is 12.1. The largest absolute Gasteiger partial charge is 0.383 e. The van der Waals surface area contributed by atoms with Crippen LogP contribution in [0, 0.1) is 5.82 Å². The number of urea groups is 1. The first-order valence-electron chi connectivity index (χ1n) is 12.2. The lowest BCUT2D eigenvalue weighted by atomic mass is 10.1. The molecule has 206 valence electrons. The van der Waals surface area contributed by atoms with E-state index in [2.05, 4.69) is 16.0 Å². The van der Waals surface area contributed by atoms with Crippen molar-refractivity contribution in [2.45, 2.75) is 25.4 Å². The van der Waals surface area contributed by atoms with Crippen molar-refractivity contribution >= 4 is 52.1 Å². The number of methoxy groups -OCH3 is 1. The zero-order valence-corrected chi connectivity index (χ0v) is 21.9. The number of primary amides is 1. The van der Waals surface area contributed by atoms with E-state index >= 15 is 0 Å². The van der Waals surface area contributed by atoms with Crippen molar-refractivity contribution < 1.29 is 28.3 Å². The summed E-state index contributed by atoms with van der Waals surface area (Å²) in [5, 5.41) is 8.40. The van der Waals surface area contributed by atoms with Crippen LogP contribution in [0.5, 0.6) is 0 Å². The number of benzene rings is 2. The molecule has 0 bridgehead atoms. The molecule has 11 nitrogen and oxygen atoms in total. The Morgan fingerprint density at radius 2 is 1.95 bits per heavy atom. The third-order valence-electron chi connectivity index (χ3n) is 6.42. The Bertz CT molecular complexity index is 1430. The average Bonchev–Trinajstić information content (AvgIpc) is 3.55. The van der Waals surface area contributed by atoms with Gasteiger partial charge in [-0.2, -0.15) is 0 Å². The van der Waals surface area contributed by atoms with Crippen LogP contribution in [-0.2, 0) is 16.1 Å². The average molecular weight is 559 g/mol. The topological polar surface area (TPSA) is 148 Å². The van der Waals surface area contributed by atoms with E-state index in [-0.39, 0.29) is 29.2 Å². The van der Waals surface area contributed by atoms with E-state index in [1.54, 1.807) is 24.3 Å². The summed E-state index contributed by atoms with van der Waals surface area (Å²) in [6.07, 6.45) is 2.43. The van der Waals surface area contributed by atoms with Crippen LogP contribution in [0.3, 0.4) is 0 Å². The van der Waals surface area contributed by atoms with Crippen molar-refractivity contribution in [1.29, 1.82) is 0 Å². The molecule has 3 aromatic rings. The van der Waals surface area contributed by atoms with Crippen LogP contribution in [0.25, 0.3) is 10.9 Å². The predicted octanol–water partition coefficient (Wildman–Crippen LogP) is 3.05. The highest BCUT2D eigenvalue weighted by Crippen LogP contribution is 2.27. The molecular weight excluding hydrogens is 531 g/mol. The molecule has 4 rings (SSSR count).